The summed E-state index contributed by atoms with van der Waals surface area (Å²) >= 11 is 1.48. The standard InChI is InChI=1S/C30H29N3OS/c1-3-4-19-32-29(34)28(35-30(32)31-24-15-9-6-10-16-24)20-26-22(2)33(21-23-13-7-5-8-14-23)27-18-12-11-17-25(26)27/h5-18,20H,3-4,19,21H2,1-2H3. The van der Waals surface area contributed by atoms with E-state index < -0.39 is 0 Å². The highest BCUT2D eigenvalue weighted by Crippen LogP contribution is 2.37. The fraction of sp³-hybridized carbons (Fsp3) is 0.200. The Hall–Kier alpha value is -3.57. The first kappa shape index (κ1) is 23.2. The molecule has 0 spiro atoms. The molecule has 0 unspecified atom stereocenters. The van der Waals surface area contributed by atoms with Gasteiger partial charge < -0.3 is 4.57 Å². The van der Waals surface area contributed by atoms with E-state index in [0.717, 1.165) is 51.8 Å². The lowest BCUT2D eigenvalue weighted by Gasteiger charge is -2.14. The number of hydrogen-bond acceptors (Lipinski definition) is 3. The Bertz CT molecular complexity index is 1400. The SMILES string of the molecule is CCCCN1C(=O)C(=Cc2c(C)n(Cc3ccccc3)c3ccccc23)SC1=Nc1ccccc1. The number of aliphatic imine (C=N–C) groups is 1. The second kappa shape index (κ2) is 10.4. The maximum atomic E-state index is 13.5. The molecule has 0 N–H and O–H groups in total. The average Bonchev–Trinajstić information content (AvgIpc) is 3.32. The van der Waals surface area contributed by atoms with E-state index >= 15 is 0 Å². The van der Waals surface area contributed by atoms with Crippen LogP contribution in [-0.4, -0.2) is 27.1 Å². The molecule has 0 saturated carbocycles. The van der Waals surface area contributed by atoms with Gasteiger partial charge in [-0.15, -0.1) is 0 Å². The molecule has 2 heterocycles. The van der Waals surface area contributed by atoms with Crippen LogP contribution in [0.5, 0.6) is 0 Å². The Labute approximate surface area is 211 Å². The smallest absolute Gasteiger partial charge is 0.266 e. The highest BCUT2D eigenvalue weighted by Gasteiger charge is 2.33. The summed E-state index contributed by atoms with van der Waals surface area (Å²) in [7, 11) is 0. The summed E-state index contributed by atoms with van der Waals surface area (Å²) in [5.41, 5.74) is 5.55. The number of rotatable bonds is 7. The van der Waals surface area contributed by atoms with Gasteiger partial charge in [-0.25, -0.2) is 4.99 Å². The first-order valence-electron chi connectivity index (χ1n) is 12.1. The Morgan fingerprint density at radius 1 is 0.914 bits per heavy atom. The summed E-state index contributed by atoms with van der Waals surface area (Å²) < 4.78 is 2.34. The van der Waals surface area contributed by atoms with Crippen molar-refractivity contribution in [1.82, 2.24) is 9.47 Å². The summed E-state index contributed by atoms with van der Waals surface area (Å²) in [6, 6.07) is 28.8. The van der Waals surface area contributed by atoms with Crippen molar-refractivity contribution in [2.45, 2.75) is 33.2 Å². The van der Waals surface area contributed by atoms with Crippen LogP contribution in [0.25, 0.3) is 17.0 Å². The quantitative estimate of drug-likeness (QED) is 0.259. The molecule has 1 aromatic heterocycles. The van der Waals surface area contributed by atoms with Crippen LogP contribution in [0, 0.1) is 6.92 Å². The molecule has 4 nitrogen and oxygen atoms in total. The highest BCUT2D eigenvalue weighted by molar-refractivity contribution is 8.18. The molecule has 3 aromatic carbocycles. The zero-order valence-corrected chi connectivity index (χ0v) is 21.0. The minimum absolute atomic E-state index is 0.0393. The first-order chi connectivity index (χ1) is 17.2. The highest BCUT2D eigenvalue weighted by atomic mass is 32.2. The van der Waals surface area contributed by atoms with Crippen molar-refractivity contribution in [3.05, 3.63) is 107 Å². The van der Waals surface area contributed by atoms with Crippen LogP contribution in [0.3, 0.4) is 0 Å². The van der Waals surface area contributed by atoms with Gasteiger partial charge in [-0.1, -0.05) is 80.1 Å². The van der Waals surface area contributed by atoms with Gasteiger partial charge in [0.15, 0.2) is 5.17 Å². The van der Waals surface area contributed by atoms with Gasteiger partial charge in [-0.05, 0) is 54.9 Å². The number of nitrogens with zero attached hydrogens (tertiary/aromatic N) is 3. The van der Waals surface area contributed by atoms with Gasteiger partial charge in [0.2, 0.25) is 0 Å². The minimum atomic E-state index is 0.0393. The molecule has 0 aliphatic carbocycles. The Morgan fingerprint density at radius 2 is 1.60 bits per heavy atom. The molecule has 1 fully saturated rings. The maximum absolute atomic E-state index is 13.5. The molecule has 0 atom stereocenters. The van der Waals surface area contributed by atoms with E-state index in [1.165, 1.54) is 22.8 Å². The number of aromatic nitrogens is 1. The van der Waals surface area contributed by atoms with E-state index in [4.69, 9.17) is 4.99 Å². The van der Waals surface area contributed by atoms with E-state index in [0.29, 0.717) is 6.54 Å². The number of carbonyl (C=O) groups excluding carboxylic acids is 1. The molecule has 5 heteroatoms. The van der Waals surface area contributed by atoms with Crippen molar-refractivity contribution in [3.8, 4) is 0 Å². The number of unbranched alkanes of at least 4 members (excludes halogenated alkanes) is 1. The lowest BCUT2D eigenvalue weighted by Crippen LogP contribution is -2.30. The second-order valence-corrected chi connectivity index (χ2v) is 9.75. The number of hydrogen-bond donors (Lipinski definition) is 0. The minimum Gasteiger partial charge on any atom is -0.340 e. The number of fused-ring (bicyclic) bond motifs is 1. The van der Waals surface area contributed by atoms with Gasteiger partial charge in [0.1, 0.15) is 0 Å². The van der Waals surface area contributed by atoms with Crippen LogP contribution in [0.15, 0.2) is 94.8 Å². The topological polar surface area (TPSA) is 37.6 Å². The van der Waals surface area contributed by atoms with Crippen LogP contribution in [-0.2, 0) is 11.3 Å². The third kappa shape index (κ3) is 4.82. The molecular formula is C30H29N3OS. The van der Waals surface area contributed by atoms with Crippen molar-refractivity contribution < 1.29 is 4.79 Å². The van der Waals surface area contributed by atoms with Crippen molar-refractivity contribution in [2.24, 2.45) is 4.99 Å². The van der Waals surface area contributed by atoms with Crippen molar-refractivity contribution in [3.63, 3.8) is 0 Å². The zero-order chi connectivity index (χ0) is 24.2. The first-order valence-corrected chi connectivity index (χ1v) is 12.9. The van der Waals surface area contributed by atoms with E-state index in [1.54, 1.807) is 0 Å². The molecule has 5 rings (SSSR count). The average molecular weight is 480 g/mol. The van der Waals surface area contributed by atoms with E-state index in [1.807, 2.05) is 41.3 Å². The van der Waals surface area contributed by atoms with Crippen LogP contribution in [0.4, 0.5) is 5.69 Å². The number of para-hydroxylation sites is 2. The molecule has 0 bridgehead atoms. The summed E-state index contributed by atoms with van der Waals surface area (Å²) in [6.07, 6.45) is 4.04. The normalized spacial score (nSPS) is 16.2. The molecule has 1 amide bonds. The second-order valence-electron chi connectivity index (χ2n) is 8.74. The Balaban J connectivity index is 1.56. The molecule has 35 heavy (non-hydrogen) atoms. The molecular weight excluding hydrogens is 450 g/mol. The predicted molar refractivity (Wildman–Crippen MR) is 148 cm³/mol. The Kier molecular flexibility index (Phi) is 6.87. The van der Waals surface area contributed by atoms with Crippen LogP contribution in [0.2, 0.25) is 0 Å². The van der Waals surface area contributed by atoms with Crippen molar-refractivity contribution in [2.75, 3.05) is 6.54 Å². The number of amides is 1. The lowest BCUT2D eigenvalue weighted by atomic mass is 10.1. The molecule has 176 valence electrons. The van der Waals surface area contributed by atoms with Crippen molar-refractivity contribution >= 4 is 45.5 Å². The third-order valence-corrected chi connectivity index (χ3v) is 7.35. The predicted octanol–water partition coefficient (Wildman–Crippen LogP) is 7.40. The summed E-state index contributed by atoms with van der Waals surface area (Å²) in [6.45, 7) is 5.76. The fourth-order valence-electron chi connectivity index (χ4n) is 4.46. The van der Waals surface area contributed by atoms with Gasteiger partial charge in [0.05, 0.1) is 10.6 Å². The number of carbonyl (C=O) groups is 1. The van der Waals surface area contributed by atoms with Gasteiger partial charge in [0.25, 0.3) is 5.91 Å². The number of thioether (sulfide) groups is 1. The molecule has 1 saturated heterocycles. The molecule has 4 aromatic rings. The van der Waals surface area contributed by atoms with Crippen LogP contribution >= 0.6 is 11.8 Å². The van der Waals surface area contributed by atoms with Crippen LogP contribution in [0.1, 0.15) is 36.6 Å². The van der Waals surface area contributed by atoms with E-state index in [9.17, 15) is 4.79 Å². The van der Waals surface area contributed by atoms with Gasteiger partial charge >= 0.3 is 0 Å². The maximum Gasteiger partial charge on any atom is 0.266 e. The fourth-order valence-corrected chi connectivity index (χ4v) is 5.46. The summed E-state index contributed by atoms with van der Waals surface area (Å²) in [5, 5.41) is 1.92. The van der Waals surface area contributed by atoms with Crippen molar-refractivity contribution in [1.29, 1.82) is 0 Å². The van der Waals surface area contributed by atoms with Gasteiger partial charge in [0, 0.05) is 35.2 Å². The third-order valence-electron chi connectivity index (χ3n) is 6.34. The molecule has 1 aliphatic rings. The Morgan fingerprint density at radius 3 is 2.34 bits per heavy atom. The largest absolute Gasteiger partial charge is 0.340 e. The monoisotopic (exact) mass is 479 g/mol. The summed E-state index contributed by atoms with van der Waals surface area (Å²) in [5.74, 6) is 0.0393. The lowest BCUT2D eigenvalue weighted by molar-refractivity contribution is -0.122. The van der Waals surface area contributed by atoms with E-state index in [-0.39, 0.29) is 5.91 Å². The zero-order valence-electron chi connectivity index (χ0n) is 20.1. The molecule has 1 aliphatic heterocycles. The van der Waals surface area contributed by atoms with Crippen LogP contribution < -0.4 is 0 Å². The molecule has 0 radical (unpaired) electrons. The van der Waals surface area contributed by atoms with Gasteiger partial charge in [-0.3, -0.25) is 9.69 Å². The number of benzene rings is 3. The summed E-state index contributed by atoms with van der Waals surface area (Å²) in [4.78, 5) is 20.9. The van der Waals surface area contributed by atoms with E-state index in [2.05, 4.69) is 73.0 Å². The van der Waals surface area contributed by atoms with Gasteiger partial charge in [-0.2, -0.15) is 0 Å². The number of amidine groups is 1.